The topological polar surface area (TPSA) is 105 Å². The molecule has 3 rings (SSSR count). The molecule has 0 atom stereocenters. The van der Waals surface area contributed by atoms with Crippen molar-refractivity contribution < 1.29 is 23.2 Å². The molecule has 0 bridgehead atoms. The van der Waals surface area contributed by atoms with Crippen molar-refractivity contribution in [3.8, 4) is 11.1 Å². The minimum atomic E-state index is -1.03. The van der Waals surface area contributed by atoms with E-state index in [9.17, 15) is 23.2 Å². The first-order valence-corrected chi connectivity index (χ1v) is 9.20. The van der Waals surface area contributed by atoms with Crippen molar-refractivity contribution in [1.29, 1.82) is 0 Å². The number of hydrogen-bond donors (Lipinski definition) is 3. The standard InChI is InChI=1S/C21H16ClF2N3O3/c22-12-8-14(23)18(15(24)9-12)17-13(21(30)26-7-6-16(25)28)10-27-19(17)20(29)11-4-2-1-3-5-11/h1-5,8-10,27H,6-7H2,(H2,25,28)(H,26,30). The highest BCUT2D eigenvalue weighted by atomic mass is 35.5. The first kappa shape index (κ1) is 21.2. The minimum absolute atomic E-state index is 0.0770. The first-order chi connectivity index (χ1) is 14.3. The first-order valence-electron chi connectivity index (χ1n) is 8.82. The number of carbonyl (C=O) groups excluding carboxylic acids is 3. The van der Waals surface area contributed by atoms with Crippen LogP contribution >= 0.6 is 11.6 Å². The molecule has 1 heterocycles. The Bertz CT molecular complexity index is 1110. The number of aromatic nitrogens is 1. The monoisotopic (exact) mass is 431 g/mol. The van der Waals surface area contributed by atoms with E-state index < -0.39 is 34.8 Å². The van der Waals surface area contributed by atoms with Crippen LogP contribution < -0.4 is 11.1 Å². The maximum Gasteiger partial charge on any atom is 0.253 e. The molecular formula is C21H16ClF2N3O3. The molecule has 2 amide bonds. The normalized spacial score (nSPS) is 10.6. The quantitative estimate of drug-likeness (QED) is 0.499. The van der Waals surface area contributed by atoms with Crippen LogP contribution in [0.25, 0.3) is 11.1 Å². The molecular weight excluding hydrogens is 416 g/mol. The SMILES string of the molecule is NC(=O)CCNC(=O)c1c[nH]c(C(=O)c2ccccc2)c1-c1c(F)cc(Cl)cc1F. The summed E-state index contributed by atoms with van der Waals surface area (Å²) in [5, 5.41) is 2.27. The number of aromatic amines is 1. The van der Waals surface area contributed by atoms with Crippen LogP contribution in [0, 0.1) is 11.6 Å². The van der Waals surface area contributed by atoms with Gasteiger partial charge in [-0.15, -0.1) is 0 Å². The summed E-state index contributed by atoms with van der Waals surface area (Å²) in [5.41, 5.74) is 4.16. The Morgan fingerprint density at radius 1 is 1.03 bits per heavy atom. The number of carbonyl (C=O) groups is 3. The lowest BCUT2D eigenvalue weighted by Crippen LogP contribution is -2.28. The fourth-order valence-electron chi connectivity index (χ4n) is 2.95. The van der Waals surface area contributed by atoms with E-state index in [1.807, 2.05) is 0 Å². The molecule has 4 N–H and O–H groups in total. The second-order valence-electron chi connectivity index (χ2n) is 6.36. The molecule has 0 radical (unpaired) electrons. The molecule has 0 fully saturated rings. The number of amides is 2. The molecule has 30 heavy (non-hydrogen) atoms. The largest absolute Gasteiger partial charge is 0.370 e. The van der Waals surface area contributed by atoms with Gasteiger partial charge < -0.3 is 16.0 Å². The highest BCUT2D eigenvalue weighted by Gasteiger charge is 2.28. The van der Waals surface area contributed by atoms with E-state index in [4.69, 9.17) is 17.3 Å². The number of ketones is 1. The summed E-state index contributed by atoms with van der Waals surface area (Å²) in [6, 6.07) is 9.83. The number of halogens is 3. The smallest absolute Gasteiger partial charge is 0.253 e. The predicted octanol–water partition coefficient (Wildman–Crippen LogP) is 3.45. The summed E-state index contributed by atoms with van der Waals surface area (Å²) in [5.74, 6) is -3.99. The lowest BCUT2D eigenvalue weighted by atomic mass is 9.96. The van der Waals surface area contributed by atoms with Gasteiger partial charge in [-0.05, 0) is 12.1 Å². The van der Waals surface area contributed by atoms with Crippen LogP contribution in [0.4, 0.5) is 8.78 Å². The van der Waals surface area contributed by atoms with Crippen molar-refractivity contribution in [3.05, 3.63) is 82.1 Å². The summed E-state index contributed by atoms with van der Waals surface area (Å²) in [4.78, 5) is 39.1. The van der Waals surface area contributed by atoms with Gasteiger partial charge >= 0.3 is 0 Å². The van der Waals surface area contributed by atoms with Gasteiger partial charge in [0.1, 0.15) is 11.6 Å². The third-order valence-corrected chi connectivity index (χ3v) is 4.52. The van der Waals surface area contributed by atoms with Crippen LogP contribution in [0.5, 0.6) is 0 Å². The van der Waals surface area contributed by atoms with Crippen molar-refractivity contribution in [3.63, 3.8) is 0 Å². The average Bonchev–Trinajstić information content (AvgIpc) is 3.11. The second kappa shape index (κ2) is 8.87. The third-order valence-electron chi connectivity index (χ3n) is 4.30. The average molecular weight is 432 g/mol. The van der Waals surface area contributed by atoms with Gasteiger partial charge in [-0.25, -0.2) is 8.78 Å². The van der Waals surface area contributed by atoms with E-state index in [1.165, 1.54) is 18.3 Å². The fourth-order valence-corrected chi connectivity index (χ4v) is 3.14. The molecule has 0 aliphatic carbocycles. The molecule has 0 unspecified atom stereocenters. The van der Waals surface area contributed by atoms with Gasteiger partial charge in [0.05, 0.1) is 16.8 Å². The summed E-state index contributed by atoms with van der Waals surface area (Å²) in [6.07, 6.45) is 1.06. The summed E-state index contributed by atoms with van der Waals surface area (Å²) >= 11 is 5.70. The molecule has 0 saturated heterocycles. The van der Waals surface area contributed by atoms with Gasteiger partial charge in [0, 0.05) is 35.3 Å². The Morgan fingerprint density at radius 3 is 2.27 bits per heavy atom. The van der Waals surface area contributed by atoms with Crippen LogP contribution in [-0.4, -0.2) is 29.1 Å². The van der Waals surface area contributed by atoms with Crippen molar-refractivity contribution in [1.82, 2.24) is 10.3 Å². The molecule has 2 aromatic carbocycles. The number of nitrogens with one attached hydrogen (secondary N) is 2. The van der Waals surface area contributed by atoms with Crippen molar-refractivity contribution in [2.24, 2.45) is 5.73 Å². The molecule has 1 aromatic heterocycles. The van der Waals surface area contributed by atoms with Crippen LogP contribution in [0.2, 0.25) is 5.02 Å². The van der Waals surface area contributed by atoms with Crippen molar-refractivity contribution >= 4 is 29.2 Å². The van der Waals surface area contributed by atoms with Gasteiger partial charge in [-0.1, -0.05) is 41.9 Å². The lowest BCUT2D eigenvalue weighted by Gasteiger charge is -2.11. The van der Waals surface area contributed by atoms with Gasteiger partial charge in [-0.2, -0.15) is 0 Å². The molecule has 6 nitrogen and oxygen atoms in total. The molecule has 154 valence electrons. The van der Waals surface area contributed by atoms with E-state index >= 15 is 0 Å². The number of primary amides is 1. The maximum absolute atomic E-state index is 14.7. The fraction of sp³-hybridized carbons (Fsp3) is 0.0952. The molecule has 0 aliphatic rings. The third kappa shape index (κ3) is 4.38. The second-order valence-corrected chi connectivity index (χ2v) is 6.80. The van der Waals surface area contributed by atoms with E-state index in [0.29, 0.717) is 0 Å². The van der Waals surface area contributed by atoms with Gasteiger partial charge in [0.2, 0.25) is 11.7 Å². The lowest BCUT2D eigenvalue weighted by molar-refractivity contribution is -0.117. The van der Waals surface area contributed by atoms with Crippen LogP contribution in [0.3, 0.4) is 0 Å². The van der Waals surface area contributed by atoms with Crippen LogP contribution in [0.15, 0.2) is 48.7 Å². The summed E-state index contributed by atoms with van der Waals surface area (Å²) in [7, 11) is 0. The number of hydrogen-bond acceptors (Lipinski definition) is 3. The number of rotatable bonds is 7. The molecule has 9 heteroatoms. The minimum Gasteiger partial charge on any atom is -0.370 e. The highest BCUT2D eigenvalue weighted by molar-refractivity contribution is 6.30. The van der Waals surface area contributed by atoms with E-state index in [-0.39, 0.29) is 40.4 Å². The van der Waals surface area contributed by atoms with Crippen LogP contribution in [0.1, 0.15) is 32.8 Å². The number of nitrogens with two attached hydrogens (primary N) is 1. The zero-order valence-corrected chi connectivity index (χ0v) is 16.2. The molecule has 3 aromatic rings. The molecule has 0 saturated carbocycles. The summed E-state index contributed by atoms with van der Waals surface area (Å²) < 4.78 is 29.4. The Balaban J connectivity index is 2.13. The maximum atomic E-state index is 14.7. The van der Waals surface area contributed by atoms with Gasteiger partial charge in [-0.3, -0.25) is 14.4 Å². The van der Waals surface area contributed by atoms with E-state index in [2.05, 4.69) is 10.3 Å². The van der Waals surface area contributed by atoms with E-state index in [1.54, 1.807) is 18.2 Å². The number of benzene rings is 2. The molecule has 0 aliphatic heterocycles. The zero-order chi connectivity index (χ0) is 21.8. The Morgan fingerprint density at radius 2 is 1.67 bits per heavy atom. The number of H-pyrrole nitrogens is 1. The Labute approximate surface area is 175 Å². The van der Waals surface area contributed by atoms with Gasteiger partial charge in [0.15, 0.2) is 0 Å². The summed E-state index contributed by atoms with van der Waals surface area (Å²) in [6.45, 7) is -0.0770. The highest BCUT2D eigenvalue weighted by Crippen LogP contribution is 2.35. The zero-order valence-electron chi connectivity index (χ0n) is 15.5. The van der Waals surface area contributed by atoms with Crippen molar-refractivity contribution in [2.75, 3.05) is 6.54 Å². The van der Waals surface area contributed by atoms with Crippen molar-refractivity contribution in [2.45, 2.75) is 6.42 Å². The Hall–Kier alpha value is -3.52. The molecule has 0 spiro atoms. The van der Waals surface area contributed by atoms with Crippen LogP contribution in [-0.2, 0) is 4.79 Å². The van der Waals surface area contributed by atoms with Gasteiger partial charge in [0.25, 0.3) is 5.91 Å². The predicted molar refractivity (Wildman–Crippen MR) is 107 cm³/mol. The van der Waals surface area contributed by atoms with E-state index in [0.717, 1.165) is 12.1 Å². The Kier molecular flexibility index (Phi) is 6.27.